The SMILES string of the molecule is Cc1c(O)c(Br)cc2c1OC1=C(Br)C(=O)C(Br)=CC1C21OC(=O)c2c(Cl)c(Cl)c(Cl)c(Cl)c21. The summed E-state index contributed by atoms with van der Waals surface area (Å²) in [6.45, 7) is 1.62. The molecular weight excluding hydrogens is 714 g/mol. The van der Waals surface area contributed by atoms with Crippen molar-refractivity contribution in [2.24, 2.45) is 5.92 Å². The van der Waals surface area contributed by atoms with Crippen LogP contribution < -0.4 is 4.74 Å². The number of esters is 1. The van der Waals surface area contributed by atoms with Crippen LogP contribution in [0.5, 0.6) is 11.5 Å². The van der Waals surface area contributed by atoms with Crippen molar-refractivity contribution in [3.63, 3.8) is 0 Å². The Hall–Kier alpha value is -0.740. The number of halogens is 7. The van der Waals surface area contributed by atoms with Gasteiger partial charge in [0.05, 0.1) is 40.5 Å². The van der Waals surface area contributed by atoms with Crippen LogP contribution in [0, 0.1) is 12.8 Å². The zero-order chi connectivity index (χ0) is 24.1. The molecule has 170 valence electrons. The summed E-state index contributed by atoms with van der Waals surface area (Å²) in [7, 11) is 0. The first kappa shape index (κ1) is 24.0. The lowest BCUT2D eigenvalue weighted by Gasteiger charge is -2.43. The third-order valence-electron chi connectivity index (χ3n) is 5.81. The van der Waals surface area contributed by atoms with Gasteiger partial charge in [-0.1, -0.05) is 52.5 Å². The second kappa shape index (κ2) is 7.88. The molecule has 12 heteroatoms. The van der Waals surface area contributed by atoms with Gasteiger partial charge in [0.2, 0.25) is 5.78 Å². The average Bonchev–Trinajstić information content (AvgIpc) is 3.08. The largest absolute Gasteiger partial charge is 0.506 e. The van der Waals surface area contributed by atoms with Crippen molar-refractivity contribution in [2.75, 3.05) is 0 Å². The Morgan fingerprint density at radius 2 is 1.67 bits per heavy atom. The minimum Gasteiger partial charge on any atom is -0.506 e. The van der Waals surface area contributed by atoms with Gasteiger partial charge in [-0.2, -0.15) is 0 Å². The highest BCUT2D eigenvalue weighted by Gasteiger charge is 2.61. The van der Waals surface area contributed by atoms with Crippen molar-refractivity contribution < 1.29 is 24.2 Å². The fourth-order valence-electron chi connectivity index (χ4n) is 4.32. The van der Waals surface area contributed by atoms with Crippen LogP contribution in [-0.2, 0) is 15.1 Å². The smallest absolute Gasteiger partial charge is 0.341 e. The van der Waals surface area contributed by atoms with Crippen LogP contribution in [0.1, 0.15) is 27.0 Å². The Kier molecular flexibility index (Phi) is 5.73. The number of hydrogen-bond acceptors (Lipinski definition) is 5. The molecule has 2 aromatic carbocycles. The van der Waals surface area contributed by atoms with E-state index in [2.05, 4.69) is 47.8 Å². The number of phenolic OH excluding ortho intramolecular Hbond substituents is 1. The molecule has 1 spiro atoms. The topological polar surface area (TPSA) is 72.8 Å². The Labute approximate surface area is 232 Å². The lowest BCUT2D eigenvalue weighted by Crippen LogP contribution is -2.44. The third-order valence-corrected chi connectivity index (χ3v) is 9.59. The molecular formula is C21H7Br3Cl4O5. The van der Waals surface area contributed by atoms with Gasteiger partial charge in [0.1, 0.15) is 21.7 Å². The lowest BCUT2D eigenvalue weighted by atomic mass is 9.71. The number of Topliss-reactive ketones (excluding diaryl/α,β-unsaturated/α-hetero) is 1. The molecule has 2 aliphatic heterocycles. The quantitative estimate of drug-likeness (QED) is 0.170. The number of hydrogen-bond donors (Lipinski definition) is 1. The summed E-state index contributed by atoms with van der Waals surface area (Å²) < 4.78 is 12.9. The summed E-state index contributed by atoms with van der Waals surface area (Å²) >= 11 is 35.6. The van der Waals surface area contributed by atoms with Gasteiger partial charge in [0, 0.05) is 16.7 Å². The van der Waals surface area contributed by atoms with Crippen molar-refractivity contribution in [1.82, 2.24) is 0 Å². The summed E-state index contributed by atoms with van der Waals surface area (Å²) in [5.74, 6) is -1.72. The fourth-order valence-corrected chi connectivity index (χ4v) is 7.19. The molecule has 0 aromatic heterocycles. The van der Waals surface area contributed by atoms with Crippen molar-refractivity contribution in [3.05, 3.63) is 73.7 Å². The molecule has 2 atom stereocenters. The minimum atomic E-state index is -1.63. The number of rotatable bonds is 0. The van der Waals surface area contributed by atoms with Crippen LogP contribution in [0.15, 0.2) is 31.3 Å². The number of fused-ring (bicyclic) bond motifs is 6. The number of allylic oxidation sites excluding steroid dienone is 2. The predicted octanol–water partition coefficient (Wildman–Crippen LogP) is 7.97. The Bertz CT molecular complexity index is 1420. The van der Waals surface area contributed by atoms with E-state index in [9.17, 15) is 14.7 Å². The van der Waals surface area contributed by atoms with Crippen molar-refractivity contribution >= 4 is 106 Å². The van der Waals surface area contributed by atoms with Gasteiger partial charge < -0.3 is 14.6 Å². The van der Waals surface area contributed by atoms with Crippen LogP contribution in [-0.4, -0.2) is 16.9 Å². The van der Waals surface area contributed by atoms with E-state index in [4.69, 9.17) is 55.9 Å². The summed E-state index contributed by atoms with van der Waals surface area (Å²) in [6.07, 6.45) is 1.57. The Balaban J connectivity index is 2.01. The van der Waals surface area contributed by atoms with E-state index in [1.54, 1.807) is 19.1 Å². The molecule has 0 fully saturated rings. The molecule has 0 radical (unpaired) electrons. The van der Waals surface area contributed by atoms with Crippen LogP contribution in [0.3, 0.4) is 0 Å². The molecule has 0 amide bonds. The number of carbonyl (C=O) groups excluding carboxylic acids is 2. The standard InChI is InChI=1S/C21H7Br3Cl4O5/c1-4-16(29)7(22)2-5-18(4)32-19-6(3-8(23)17(30)11(19)24)21(5)10-9(20(31)33-21)12(25)14(27)15(28)13(10)26/h2-3,6,29H,1H3. The number of ketones is 1. The van der Waals surface area contributed by atoms with Gasteiger partial charge in [0.15, 0.2) is 5.60 Å². The number of carbonyl (C=O) groups is 2. The van der Waals surface area contributed by atoms with Crippen LogP contribution in [0.2, 0.25) is 20.1 Å². The Morgan fingerprint density at radius 3 is 2.33 bits per heavy atom. The van der Waals surface area contributed by atoms with Crippen molar-refractivity contribution in [3.8, 4) is 11.5 Å². The highest BCUT2D eigenvalue weighted by Crippen LogP contribution is 2.63. The summed E-state index contributed by atoms with van der Waals surface area (Å²) in [5.41, 5.74) is -0.776. The molecule has 0 bridgehead atoms. The van der Waals surface area contributed by atoms with Crippen LogP contribution in [0.4, 0.5) is 0 Å². The zero-order valence-electron chi connectivity index (χ0n) is 16.0. The summed E-state index contributed by atoms with van der Waals surface area (Å²) in [4.78, 5) is 25.9. The molecule has 0 saturated carbocycles. The molecule has 2 unspecified atom stereocenters. The summed E-state index contributed by atoms with van der Waals surface area (Å²) in [5, 5.41) is 10.3. The molecule has 2 heterocycles. The predicted molar refractivity (Wildman–Crippen MR) is 135 cm³/mol. The average molecular weight is 721 g/mol. The highest BCUT2D eigenvalue weighted by atomic mass is 79.9. The number of ether oxygens (including phenoxy) is 2. The second-order valence-corrected chi connectivity index (χ2v) is 11.5. The van der Waals surface area contributed by atoms with Gasteiger partial charge >= 0.3 is 5.97 Å². The van der Waals surface area contributed by atoms with Gasteiger partial charge in [-0.3, -0.25) is 4.79 Å². The maximum absolute atomic E-state index is 13.2. The minimum absolute atomic E-state index is 0.0292. The van der Waals surface area contributed by atoms with Crippen molar-refractivity contribution in [1.29, 1.82) is 0 Å². The first-order valence-electron chi connectivity index (χ1n) is 9.05. The van der Waals surface area contributed by atoms with Crippen molar-refractivity contribution in [2.45, 2.75) is 12.5 Å². The Morgan fingerprint density at radius 1 is 1.03 bits per heavy atom. The first-order chi connectivity index (χ1) is 15.4. The second-order valence-electron chi connectivity index (χ2n) is 7.44. The zero-order valence-corrected chi connectivity index (χ0v) is 23.7. The van der Waals surface area contributed by atoms with E-state index in [1.807, 2.05) is 0 Å². The number of aromatic hydroxyl groups is 1. The molecule has 0 saturated heterocycles. The van der Waals surface area contributed by atoms with Gasteiger partial charge in [-0.05, 0) is 60.8 Å². The maximum Gasteiger partial charge on any atom is 0.341 e. The number of benzene rings is 2. The maximum atomic E-state index is 13.2. The van der Waals surface area contributed by atoms with Gasteiger partial charge in [-0.15, -0.1) is 0 Å². The van der Waals surface area contributed by atoms with E-state index in [1.165, 1.54) is 0 Å². The molecule has 5 rings (SSSR count). The number of phenols is 1. The monoisotopic (exact) mass is 716 g/mol. The third kappa shape index (κ3) is 3.01. The molecule has 1 aliphatic carbocycles. The van der Waals surface area contributed by atoms with Gasteiger partial charge in [0.25, 0.3) is 0 Å². The molecule has 2 aromatic rings. The van der Waals surface area contributed by atoms with Gasteiger partial charge in [-0.25, -0.2) is 4.79 Å². The lowest BCUT2D eigenvalue weighted by molar-refractivity contribution is -0.111. The van der Waals surface area contributed by atoms with Crippen LogP contribution >= 0.6 is 94.2 Å². The van der Waals surface area contributed by atoms with E-state index >= 15 is 0 Å². The molecule has 33 heavy (non-hydrogen) atoms. The first-order valence-corrected chi connectivity index (χ1v) is 12.9. The molecule has 3 aliphatic rings. The normalized spacial score (nSPS) is 23.2. The van der Waals surface area contributed by atoms with E-state index < -0.39 is 17.5 Å². The summed E-state index contributed by atoms with van der Waals surface area (Å²) in [6, 6.07) is 1.57. The van der Waals surface area contributed by atoms with Crippen LogP contribution in [0.25, 0.3) is 0 Å². The molecule has 1 N–H and O–H groups in total. The van der Waals surface area contributed by atoms with E-state index in [0.29, 0.717) is 15.6 Å². The highest BCUT2D eigenvalue weighted by molar-refractivity contribution is 9.13. The molecule has 5 nitrogen and oxygen atoms in total. The van der Waals surface area contributed by atoms with E-state index in [0.717, 1.165) is 0 Å². The fraction of sp³-hybridized carbons (Fsp3) is 0.143. The van der Waals surface area contributed by atoms with E-state index in [-0.39, 0.29) is 63.2 Å².